The van der Waals surface area contributed by atoms with Gasteiger partial charge in [-0.3, -0.25) is 4.79 Å². The van der Waals surface area contributed by atoms with E-state index < -0.39 is 0 Å². The molecule has 0 bridgehead atoms. The summed E-state index contributed by atoms with van der Waals surface area (Å²) < 4.78 is 5.28. The summed E-state index contributed by atoms with van der Waals surface area (Å²) in [5.41, 5.74) is 2.78. The summed E-state index contributed by atoms with van der Waals surface area (Å²) in [6, 6.07) is 6.03. The van der Waals surface area contributed by atoms with Gasteiger partial charge < -0.3 is 15.4 Å². The van der Waals surface area contributed by atoms with Crippen molar-refractivity contribution >= 4 is 11.6 Å². The van der Waals surface area contributed by atoms with E-state index in [-0.39, 0.29) is 11.9 Å². The monoisotopic (exact) mass is 262 g/mol. The molecule has 0 aromatic heterocycles. The summed E-state index contributed by atoms with van der Waals surface area (Å²) >= 11 is 0. The molecule has 1 fully saturated rings. The summed E-state index contributed by atoms with van der Waals surface area (Å²) in [6.07, 6.45) is 1.93. The third kappa shape index (κ3) is 3.70. The molecule has 1 unspecified atom stereocenters. The lowest BCUT2D eigenvalue weighted by Gasteiger charge is -2.15. The maximum absolute atomic E-state index is 12.3. The SMILES string of the molecule is CCCNc1cc(C)ccc1C(=O)NC1CCOC1. The minimum atomic E-state index is -0.0193. The number of hydrogen-bond acceptors (Lipinski definition) is 3. The molecule has 0 aliphatic carbocycles. The molecule has 1 amide bonds. The predicted molar refractivity (Wildman–Crippen MR) is 76.6 cm³/mol. The molecule has 1 heterocycles. The summed E-state index contributed by atoms with van der Waals surface area (Å²) in [7, 11) is 0. The number of hydrogen-bond donors (Lipinski definition) is 2. The Bertz CT molecular complexity index is 440. The Labute approximate surface area is 114 Å². The molecule has 0 spiro atoms. The van der Waals surface area contributed by atoms with E-state index in [1.807, 2.05) is 25.1 Å². The van der Waals surface area contributed by atoms with Gasteiger partial charge in [-0.15, -0.1) is 0 Å². The fraction of sp³-hybridized carbons (Fsp3) is 0.533. The molecule has 1 aromatic carbocycles. The van der Waals surface area contributed by atoms with Gasteiger partial charge in [-0.2, -0.15) is 0 Å². The average molecular weight is 262 g/mol. The minimum absolute atomic E-state index is 0.0193. The molecule has 1 saturated heterocycles. The van der Waals surface area contributed by atoms with E-state index >= 15 is 0 Å². The average Bonchev–Trinajstić information content (AvgIpc) is 2.89. The van der Waals surface area contributed by atoms with Crippen LogP contribution < -0.4 is 10.6 Å². The van der Waals surface area contributed by atoms with Gasteiger partial charge in [-0.1, -0.05) is 13.0 Å². The van der Waals surface area contributed by atoms with Crippen molar-refractivity contribution in [2.24, 2.45) is 0 Å². The van der Waals surface area contributed by atoms with E-state index in [2.05, 4.69) is 17.6 Å². The molecule has 1 aliphatic rings. The fourth-order valence-electron chi connectivity index (χ4n) is 2.17. The second-order valence-electron chi connectivity index (χ2n) is 5.01. The highest BCUT2D eigenvalue weighted by molar-refractivity contribution is 5.99. The third-order valence-electron chi connectivity index (χ3n) is 3.25. The number of ether oxygens (including phenoxy) is 1. The Morgan fingerprint density at radius 3 is 3.00 bits per heavy atom. The Morgan fingerprint density at radius 2 is 2.32 bits per heavy atom. The Kier molecular flexibility index (Phi) is 4.80. The maximum Gasteiger partial charge on any atom is 0.253 e. The lowest BCUT2D eigenvalue weighted by Crippen LogP contribution is -2.35. The lowest BCUT2D eigenvalue weighted by molar-refractivity contribution is 0.0930. The molecule has 1 aromatic rings. The summed E-state index contributed by atoms with van der Waals surface area (Å²) in [5, 5.41) is 6.34. The number of anilines is 1. The van der Waals surface area contributed by atoms with Crippen LogP contribution in [0.15, 0.2) is 18.2 Å². The maximum atomic E-state index is 12.3. The van der Waals surface area contributed by atoms with Crippen molar-refractivity contribution in [2.45, 2.75) is 32.7 Å². The summed E-state index contributed by atoms with van der Waals surface area (Å²) in [6.45, 7) is 6.37. The number of carbonyl (C=O) groups is 1. The van der Waals surface area contributed by atoms with Gasteiger partial charge in [-0.25, -0.2) is 0 Å². The molecule has 1 atom stereocenters. The standard InChI is InChI=1S/C15H22N2O2/c1-3-7-16-14-9-11(2)4-5-13(14)15(18)17-12-6-8-19-10-12/h4-5,9,12,16H,3,6-8,10H2,1-2H3,(H,17,18). The van der Waals surface area contributed by atoms with Gasteiger partial charge in [0, 0.05) is 18.8 Å². The van der Waals surface area contributed by atoms with E-state index in [0.717, 1.165) is 37.2 Å². The molecule has 0 saturated carbocycles. The number of carbonyl (C=O) groups excluding carboxylic acids is 1. The third-order valence-corrected chi connectivity index (χ3v) is 3.25. The molecule has 19 heavy (non-hydrogen) atoms. The normalized spacial score (nSPS) is 18.3. The smallest absolute Gasteiger partial charge is 0.253 e. The van der Waals surface area contributed by atoms with Crippen LogP contribution in [0.4, 0.5) is 5.69 Å². The second-order valence-corrected chi connectivity index (χ2v) is 5.01. The van der Waals surface area contributed by atoms with Crippen LogP contribution in [0.3, 0.4) is 0 Å². The van der Waals surface area contributed by atoms with Crippen molar-refractivity contribution in [3.63, 3.8) is 0 Å². The van der Waals surface area contributed by atoms with Crippen molar-refractivity contribution in [1.82, 2.24) is 5.32 Å². The van der Waals surface area contributed by atoms with Crippen LogP contribution in [-0.2, 0) is 4.74 Å². The van der Waals surface area contributed by atoms with Gasteiger partial charge in [0.15, 0.2) is 0 Å². The van der Waals surface area contributed by atoms with Gasteiger partial charge in [0.05, 0.1) is 18.2 Å². The molecular weight excluding hydrogens is 240 g/mol. The van der Waals surface area contributed by atoms with Crippen LogP contribution in [0.5, 0.6) is 0 Å². The van der Waals surface area contributed by atoms with E-state index in [1.165, 1.54) is 0 Å². The number of amides is 1. The van der Waals surface area contributed by atoms with Crippen LogP contribution in [-0.4, -0.2) is 31.7 Å². The predicted octanol–water partition coefficient (Wildman–Crippen LogP) is 2.34. The number of nitrogens with one attached hydrogen (secondary N) is 2. The Balaban J connectivity index is 2.10. The molecule has 4 heteroatoms. The zero-order valence-corrected chi connectivity index (χ0v) is 11.7. The number of rotatable bonds is 5. The van der Waals surface area contributed by atoms with Crippen molar-refractivity contribution in [3.8, 4) is 0 Å². The molecule has 104 valence electrons. The Morgan fingerprint density at radius 1 is 1.47 bits per heavy atom. The fourth-order valence-corrected chi connectivity index (χ4v) is 2.17. The topological polar surface area (TPSA) is 50.4 Å². The molecule has 2 rings (SSSR count). The largest absolute Gasteiger partial charge is 0.384 e. The zero-order chi connectivity index (χ0) is 13.7. The molecule has 0 radical (unpaired) electrons. The van der Waals surface area contributed by atoms with Gasteiger partial charge in [0.2, 0.25) is 0 Å². The molecule has 4 nitrogen and oxygen atoms in total. The van der Waals surface area contributed by atoms with Crippen LogP contribution in [0.2, 0.25) is 0 Å². The van der Waals surface area contributed by atoms with Crippen molar-refractivity contribution in [2.75, 3.05) is 25.1 Å². The Hall–Kier alpha value is -1.55. The molecule has 2 N–H and O–H groups in total. The summed E-state index contributed by atoms with van der Waals surface area (Å²) in [4.78, 5) is 12.3. The summed E-state index contributed by atoms with van der Waals surface area (Å²) in [5.74, 6) is -0.0193. The highest BCUT2D eigenvalue weighted by Gasteiger charge is 2.20. The zero-order valence-electron chi connectivity index (χ0n) is 11.7. The highest BCUT2D eigenvalue weighted by Crippen LogP contribution is 2.18. The second kappa shape index (κ2) is 6.57. The van der Waals surface area contributed by atoms with Gasteiger partial charge in [0.25, 0.3) is 5.91 Å². The first-order chi connectivity index (χ1) is 9.20. The van der Waals surface area contributed by atoms with Crippen LogP contribution in [0, 0.1) is 6.92 Å². The minimum Gasteiger partial charge on any atom is -0.384 e. The van der Waals surface area contributed by atoms with Crippen molar-refractivity contribution < 1.29 is 9.53 Å². The van der Waals surface area contributed by atoms with Crippen molar-refractivity contribution in [1.29, 1.82) is 0 Å². The quantitative estimate of drug-likeness (QED) is 0.856. The van der Waals surface area contributed by atoms with Gasteiger partial charge in [0.1, 0.15) is 0 Å². The van der Waals surface area contributed by atoms with E-state index in [0.29, 0.717) is 12.2 Å². The number of benzene rings is 1. The first kappa shape index (κ1) is 13.9. The van der Waals surface area contributed by atoms with Gasteiger partial charge in [-0.05, 0) is 37.5 Å². The van der Waals surface area contributed by atoms with E-state index in [1.54, 1.807) is 0 Å². The van der Waals surface area contributed by atoms with Crippen LogP contribution >= 0.6 is 0 Å². The lowest BCUT2D eigenvalue weighted by atomic mass is 10.1. The van der Waals surface area contributed by atoms with Gasteiger partial charge >= 0.3 is 0 Å². The van der Waals surface area contributed by atoms with E-state index in [9.17, 15) is 4.79 Å². The van der Waals surface area contributed by atoms with Crippen LogP contribution in [0.25, 0.3) is 0 Å². The first-order valence-electron chi connectivity index (χ1n) is 6.94. The highest BCUT2D eigenvalue weighted by atomic mass is 16.5. The van der Waals surface area contributed by atoms with E-state index in [4.69, 9.17) is 4.74 Å². The first-order valence-corrected chi connectivity index (χ1v) is 6.94. The molecule has 1 aliphatic heterocycles. The molecular formula is C15H22N2O2. The van der Waals surface area contributed by atoms with Crippen LogP contribution in [0.1, 0.15) is 35.7 Å². The van der Waals surface area contributed by atoms with Crippen molar-refractivity contribution in [3.05, 3.63) is 29.3 Å². The number of aryl methyl sites for hydroxylation is 1.